The molecule has 2 aromatic rings. The van der Waals surface area contributed by atoms with E-state index >= 15 is 0 Å². The lowest BCUT2D eigenvalue weighted by molar-refractivity contribution is 0.191. The third-order valence-electron chi connectivity index (χ3n) is 3.07. The average Bonchev–Trinajstić information content (AvgIpc) is 2.45. The lowest BCUT2D eigenvalue weighted by atomic mass is 10.1. The molecule has 0 saturated heterocycles. The zero-order valence-electron chi connectivity index (χ0n) is 11.6. The van der Waals surface area contributed by atoms with E-state index in [0.717, 1.165) is 11.3 Å². The Bertz CT molecular complexity index is 586. The maximum atomic E-state index is 13.1. The second-order valence-corrected chi connectivity index (χ2v) is 4.66. The van der Waals surface area contributed by atoms with Gasteiger partial charge >= 0.3 is 0 Å². The Morgan fingerprint density at radius 3 is 2.75 bits per heavy atom. The third kappa shape index (κ3) is 3.48. The summed E-state index contributed by atoms with van der Waals surface area (Å²) in [5.41, 5.74) is 2.45. The minimum absolute atomic E-state index is 0.281. The largest absolute Gasteiger partial charge is 0.495 e. The standard InChI is InChI=1S/C16H18FNO2/c1-11-6-7-16(20-2)14(8-11)18-10-15(19)12-4-3-5-13(17)9-12/h3-9,15,18-19H,10H2,1-2H3. The number of anilines is 1. The molecule has 106 valence electrons. The summed E-state index contributed by atoms with van der Waals surface area (Å²) in [6.07, 6.45) is -0.782. The van der Waals surface area contributed by atoms with Crippen LogP contribution >= 0.6 is 0 Å². The molecule has 2 rings (SSSR count). The van der Waals surface area contributed by atoms with Gasteiger partial charge in [0.05, 0.1) is 18.9 Å². The Morgan fingerprint density at radius 1 is 1.25 bits per heavy atom. The van der Waals surface area contributed by atoms with E-state index < -0.39 is 6.10 Å². The van der Waals surface area contributed by atoms with Gasteiger partial charge in [0.25, 0.3) is 0 Å². The number of ether oxygens (including phenoxy) is 1. The number of halogens is 1. The van der Waals surface area contributed by atoms with Crippen LogP contribution in [0.1, 0.15) is 17.2 Å². The smallest absolute Gasteiger partial charge is 0.141 e. The second-order valence-electron chi connectivity index (χ2n) is 4.66. The van der Waals surface area contributed by atoms with Crippen LogP contribution in [-0.4, -0.2) is 18.8 Å². The number of nitrogens with one attached hydrogen (secondary N) is 1. The minimum Gasteiger partial charge on any atom is -0.495 e. The fraction of sp³-hybridized carbons (Fsp3) is 0.250. The Kier molecular flexibility index (Phi) is 4.58. The molecule has 0 amide bonds. The van der Waals surface area contributed by atoms with Gasteiger partial charge < -0.3 is 15.2 Å². The van der Waals surface area contributed by atoms with Crippen molar-refractivity contribution in [2.45, 2.75) is 13.0 Å². The summed E-state index contributed by atoms with van der Waals surface area (Å²) in [6.45, 7) is 2.26. The van der Waals surface area contributed by atoms with Gasteiger partial charge in [0, 0.05) is 6.54 Å². The van der Waals surface area contributed by atoms with Gasteiger partial charge in [0.15, 0.2) is 0 Å². The number of methoxy groups -OCH3 is 1. The molecule has 3 nitrogen and oxygen atoms in total. The summed E-state index contributed by atoms with van der Waals surface area (Å²) < 4.78 is 18.4. The van der Waals surface area contributed by atoms with Crippen molar-refractivity contribution in [3.8, 4) is 5.75 Å². The Labute approximate surface area is 118 Å². The highest BCUT2D eigenvalue weighted by atomic mass is 19.1. The average molecular weight is 275 g/mol. The second kappa shape index (κ2) is 6.39. The number of hydrogen-bond acceptors (Lipinski definition) is 3. The number of benzene rings is 2. The van der Waals surface area contributed by atoms with Crippen LogP contribution in [0.15, 0.2) is 42.5 Å². The molecule has 4 heteroatoms. The van der Waals surface area contributed by atoms with Gasteiger partial charge in [0.1, 0.15) is 11.6 Å². The molecule has 0 heterocycles. The van der Waals surface area contributed by atoms with E-state index in [4.69, 9.17) is 4.74 Å². The fourth-order valence-corrected chi connectivity index (χ4v) is 2.00. The van der Waals surface area contributed by atoms with Crippen LogP contribution in [0.3, 0.4) is 0 Å². The van der Waals surface area contributed by atoms with Gasteiger partial charge in [-0.25, -0.2) is 4.39 Å². The fourth-order valence-electron chi connectivity index (χ4n) is 2.00. The van der Waals surface area contributed by atoms with Crippen LogP contribution in [0, 0.1) is 12.7 Å². The van der Waals surface area contributed by atoms with E-state index in [2.05, 4.69) is 5.32 Å². The monoisotopic (exact) mass is 275 g/mol. The molecule has 0 aliphatic carbocycles. The highest BCUT2D eigenvalue weighted by Gasteiger charge is 2.10. The zero-order valence-corrected chi connectivity index (χ0v) is 11.6. The molecule has 0 radical (unpaired) electrons. The van der Waals surface area contributed by atoms with E-state index in [-0.39, 0.29) is 12.4 Å². The molecule has 2 aromatic carbocycles. The number of aliphatic hydroxyl groups excluding tert-OH is 1. The molecule has 0 spiro atoms. The van der Waals surface area contributed by atoms with Crippen molar-refractivity contribution >= 4 is 5.69 Å². The quantitative estimate of drug-likeness (QED) is 0.879. The van der Waals surface area contributed by atoms with Crippen molar-refractivity contribution in [1.82, 2.24) is 0 Å². The van der Waals surface area contributed by atoms with Gasteiger partial charge in [-0.2, -0.15) is 0 Å². The van der Waals surface area contributed by atoms with E-state index in [1.165, 1.54) is 12.1 Å². The molecule has 0 fully saturated rings. The minimum atomic E-state index is -0.782. The molecule has 2 N–H and O–H groups in total. The SMILES string of the molecule is COc1ccc(C)cc1NCC(O)c1cccc(F)c1. The maximum Gasteiger partial charge on any atom is 0.141 e. The van der Waals surface area contributed by atoms with Crippen molar-refractivity contribution in [3.63, 3.8) is 0 Å². The van der Waals surface area contributed by atoms with Gasteiger partial charge in [-0.3, -0.25) is 0 Å². The highest BCUT2D eigenvalue weighted by Crippen LogP contribution is 2.26. The molecule has 0 aliphatic heterocycles. The highest BCUT2D eigenvalue weighted by molar-refractivity contribution is 5.58. The Morgan fingerprint density at radius 2 is 2.05 bits per heavy atom. The van der Waals surface area contributed by atoms with Crippen LogP contribution in [0.4, 0.5) is 10.1 Å². The van der Waals surface area contributed by atoms with E-state index in [1.807, 2.05) is 25.1 Å². The van der Waals surface area contributed by atoms with Crippen LogP contribution in [0.5, 0.6) is 5.75 Å². The summed E-state index contributed by atoms with van der Waals surface area (Å²) in [7, 11) is 1.60. The number of rotatable bonds is 5. The first-order valence-electron chi connectivity index (χ1n) is 6.42. The van der Waals surface area contributed by atoms with Crippen LogP contribution in [0.25, 0.3) is 0 Å². The van der Waals surface area contributed by atoms with Gasteiger partial charge in [-0.15, -0.1) is 0 Å². The van der Waals surface area contributed by atoms with Crippen molar-refractivity contribution in [2.24, 2.45) is 0 Å². The predicted octanol–water partition coefficient (Wildman–Crippen LogP) is 3.29. The molecular formula is C16H18FNO2. The Hall–Kier alpha value is -2.07. The first-order chi connectivity index (χ1) is 9.60. The first kappa shape index (κ1) is 14.3. The number of aryl methyl sites for hydroxylation is 1. The summed E-state index contributed by atoms with van der Waals surface area (Å²) in [5, 5.41) is 13.2. The first-order valence-corrected chi connectivity index (χ1v) is 6.42. The van der Waals surface area contributed by atoms with Gasteiger partial charge in [-0.05, 0) is 42.3 Å². The zero-order chi connectivity index (χ0) is 14.5. The van der Waals surface area contributed by atoms with Crippen molar-refractivity contribution < 1.29 is 14.2 Å². The summed E-state index contributed by atoms with van der Waals surface area (Å²) >= 11 is 0. The van der Waals surface area contributed by atoms with Gasteiger partial charge in [0.2, 0.25) is 0 Å². The molecule has 20 heavy (non-hydrogen) atoms. The molecule has 1 atom stereocenters. The van der Waals surface area contributed by atoms with Crippen molar-refractivity contribution in [2.75, 3.05) is 19.0 Å². The van der Waals surface area contributed by atoms with Gasteiger partial charge in [-0.1, -0.05) is 18.2 Å². The van der Waals surface area contributed by atoms with E-state index in [9.17, 15) is 9.50 Å². The summed E-state index contributed by atoms with van der Waals surface area (Å²) in [5.74, 6) is 0.358. The normalized spacial score (nSPS) is 12.0. The lowest BCUT2D eigenvalue weighted by Crippen LogP contribution is -2.13. The summed E-state index contributed by atoms with van der Waals surface area (Å²) in [4.78, 5) is 0. The molecule has 0 aromatic heterocycles. The molecule has 0 aliphatic rings. The predicted molar refractivity (Wildman–Crippen MR) is 77.6 cm³/mol. The lowest BCUT2D eigenvalue weighted by Gasteiger charge is -2.16. The summed E-state index contributed by atoms with van der Waals surface area (Å²) in [6, 6.07) is 11.7. The maximum absolute atomic E-state index is 13.1. The third-order valence-corrected chi connectivity index (χ3v) is 3.07. The molecule has 1 unspecified atom stereocenters. The van der Waals surface area contributed by atoms with Crippen molar-refractivity contribution in [3.05, 3.63) is 59.4 Å². The number of aliphatic hydroxyl groups is 1. The molecule has 0 saturated carbocycles. The number of hydrogen-bond donors (Lipinski definition) is 2. The van der Waals surface area contributed by atoms with Crippen molar-refractivity contribution in [1.29, 1.82) is 0 Å². The topological polar surface area (TPSA) is 41.5 Å². The van der Waals surface area contributed by atoms with Crippen LogP contribution in [-0.2, 0) is 0 Å². The molecular weight excluding hydrogens is 257 g/mol. The van der Waals surface area contributed by atoms with Crippen LogP contribution in [0.2, 0.25) is 0 Å². The van der Waals surface area contributed by atoms with E-state index in [1.54, 1.807) is 19.2 Å². The Balaban J connectivity index is 2.06. The molecule has 0 bridgehead atoms. The van der Waals surface area contributed by atoms with Crippen LogP contribution < -0.4 is 10.1 Å². The van der Waals surface area contributed by atoms with E-state index in [0.29, 0.717) is 11.3 Å².